The standard InChI is InChI=1S/C9H12N2OS/c1-2-4-11-9(12)7-3-5-10-8(13)6-7/h3,5-6H,2,4H2,1H3,(H,10,13)(H,11,12). The van der Waals surface area contributed by atoms with Gasteiger partial charge in [0.1, 0.15) is 4.64 Å². The van der Waals surface area contributed by atoms with Gasteiger partial charge in [0.25, 0.3) is 5.91 Å². The van der Waals surface area contributed by atoms with Crippen LogP contribution in [0.2, 0.25) is 0 Å². The van der Waals surface area contributed by atoms with E-state index in [2.05, 4.69) is 10.3 Å². The second-order valence-electron chi connectivity index (χ2n) is 2.70. The number of aromatic amines is 1. The number of nitrogens with one attached hydrogen (secondary N) is 2. The fourth-order valence-electron chi connectivity index (χ4n) is 0.926. The zero-order valence-electron chi connectivity index (χ0n) is 7.46. The van der Waals surface area contributed by atoms with Crippen LogP contribution in [-0.4, -0.2) is 17.4 Å². The zero-order chi connectivity index (χ0) is 9.68. The van der Waals surface area contributed by atoms with Gasteiger partial charge >= 0.3 is 0 Å². The largest absolute Gasteiger partial charge is 0.353 e. The average Bonchev–Trinajstić information content (AvgIpc) is 2.14. The first-order valence-corrected chi connectivity index (χ1v) is 4.62. The van der Waals surface area contributed by atoms with Crippen LogP contribution in [0.1, 0.15) is 23.7 Å². The number of H-pyrrole nitrogens is 1. The molecule has 1 rings (SSSR count). The average molecular weight is 196 g/mol. The molecule has 13 heavy (non-hydrogen) atoms. The second kappa shape index (κ2) is 4.77. The van der Waals surface area contributed by atoms with Crippen molar-refractivity contribution in [2.45, 2.75) is 13.3 Å². The lowest BCUT2D eigenvalue weighted by Crippen LogP contribution is -2.23. The van der Waals surface area contributed by atoms with Crippen LogP contribution in [0.4, 0.5) is 0 Å². The Kier molecular flexibility index (Phi) is 3.64. The lowest BCUT2D eigenvalue weighted by Gasteiger charge is -2.02. The van der Waals surface area contributed by atoms with E-state index in [1.807, 2.05) is 6.92 Å². The predicted molar refractivity (Wildman–Crippen MR) is 54.3 cm³/mol. The lowest BCUT2D eigenvalue weighted by atomic mass is 10.2. The number of rotatable bonds is 3. The van der Waals surface area contributed by atoms with Crippen LogP contribution in [0, 0.1) is 4.64 Å². The number of hydrogen-bond donors (Lipinski definition) is 2. The third kappa shape index (κ3) is 2.99. The molecule has 0 aliphatic heterocycles. The van der Waals surface area contributed by atoms with E-state index >= 15 is 0 Å². The van der Waals surface area contributed by atoms with Gasteiger partial charge in [-0.15, -0.1) is 0 Å². The summed E-state index contributed by atoms with van der Waals surface area (Å²) in [6.45, 7) is 2.71. The summed E-state index contributed by atoms with van der Waals surface area (Å²) in [5, 5.41) is 2.78. The summed E-state index contributed by atoms with van der Waals surface area (Å²) in [4.78, 5) is 14.2. The minimum absolute atomic E-state index is 0.0676. The Morgan fingerprint density at radius 1 is 1.69 bits per heavy atom. The van der Waals surface area contributed by atoms with Crippen LogP contribution >= 0.6 is 12.2 Å². The molecule has 0 bridgehead atoms. The molecule has 2 N–H and O–H groups in total. The number of carbonyl (C=O) groups is 1. The van der Waals surface area contributed by atoms with Crippen molar-refractivity contribution in [1.29, 1.82) is 0 Å². The molecule has 0 aromatic carbocycles. The number of amides is 1. The minimum Gasteiger partial charge on any atom is -0.353 e. The number of aromatic nitrogens is 1. The van der Waals surface area contributed by atoms with Gasteiger partial charge in [0.2, 0.25) is 0 Å². The molecule has 1 aromatic heterocycles. The van der Waals surface area contributed by atoms with Crippen molar-refractivity contribution in [1.82, 2.24) is 10.3 Å². The first-order chi connectivity index (χ1) is 6.24. The fourth-order valence-corrected chi connectivity index (χ4v) is 1.12. The van der Waals surface area contributed by atoms with Crippen molar-refractivity contribution in [3.05, 3.63) is 28.5 Å². The molecule has 0 atom stereocenters. The van der Waals surface area contributed by atoms with Gasteiger partial charge in [0.05, 0.1) is 0 Å². The number of hydrogen-bond acceptors (Lipinski definition) is 2. The van der Waals surface area contributed by atoms with Gasteiger partial charge in [0, 0.05) is 18.3 Å². The van der Waals surface area contributed by atoms with Crippen LogP contribution in [0.25, 0.3) is 0 Å². The highest BCUT2D eigenvalue weighted by molar-refractivity contribution is 7.71. The van der Waals surface area contributed by atoms with Crippen LogP contribution < -0.4 is 5.32 Å². The quantitative estimate of drug-likeness (QED) is 0.725. The van der Waals surface area contributed by atoms with Crippen LogP contribution in [0.3, 0.4) is 0 Å². The third-order valence-electron chi connectivity index (χ3n) is 1.57. The molecule has 0 saturated heterocycles. The summed E-state index contributed by atoms with van der Waals surface area (Å²) in [6, 6.07) is 3.36. The van der Waals surface area contributed by atoms with E-state index < -0.39 is 0 Å². The molecular formula is C9H12N2OS. The highest BCUT2D eigenvalue weighted by atomic mass is 32.1. The molecule has 0 spiro atoms. The Morgan fingerprint density at radius 2 is 2.46 bits per heavy atom. The van der Waals surface area contributed by atoms with Gasteiger partial charge in [-0.1, -0.05) is 19.1 Å². The van der Waals surface area contributed by atoms with Gasteiger partial charge in [0.15, 0.2) is 0 Å². The van der Waals surface area contributed by atoms with Crippen molar-refractivity contribution in [3.63, 3.8) is 0 Å². The van der Waals surface area contributed by atoms with Gasteiger partial charge in [-0.25, -0.2) is 0 Å². The monoisotopic (exact) mass is 196 g/mol. The predicted octanol–water partition coefficient (Wildman–Crippen LogP) is 1.88. The van der Waals surface area contributed by atoms with Crippen molar-refractivity contribution in [3.8, 4) is 0 Å². The number of pyridine rings is 1. The van der Waals surface area contributed by atoms with Gasteiger partial charge in [-0.05, 0) is 18.6 Å². The molecule has 70 valence electrons. The SMILES string of the molecule is CCCNC(=O)c1cc[nH]c(=S)c1. The summed E-state index contributed by atoms with van der Waals surface area (Å²) in [7, 11) is 0. The van der Waals surface area contributed by atoms with E-state index in [0.29, 0.717) is 16.7 Å². The summed E-state index contributed by atoms with van der Waals surface area (Å²) >= 11 is 4.90. The maximum absolute atomic E-state index is 11.4. The topological polar surface area (TPSA) is 44.9 Å². The molecule has 0 fully saturated rings. The molecule has 0 unspecified atom stereocenters. The summed E-state index contributed by atoms with van der Waals surface area (Å²) in [5.74, 6) is -0.0676. The van der Waals surface area contributed by atoms with E-state index in [1.54, 1.807) is 18.3 Å². The summed E-state index contributed by atoms with van der Waals surface area (Å²) < 4.78 is 0.573. The lowest BCUT2D eigenvalue weighted by molar-refractivity contribution is 0.0953. The minimum atomic E-state index is -0.0676. The smallest absolute Gasteiger partial charge is 0.251 e. The third-order valence-corrected chi connectivity index (χ3v) is 1.81. The maximum atomic E-state index is 11.4. The Morgan fingerprint density at radius 3 is 3.08 bits per heavy atom. The molecule has 0 radical (unpaired) electrons. The zero-order valence-corrected chi connectivity index (χ0v) is 8.28. The van der Waals surface area contributed by atoms with Crippen molar-refractivity contribution in [2.24, 2.45) is 0 Å². The van der Waals surface area contributed by atoms with E-state index in [0.717, 1.165) is 6.42 Å². The van der Waals surface area contributed by atoms with Gasteiger partial charge < -0.3 is 10.3 Å². The van der Waals surface area contributed by atoms with Crippen molar-refractivity contribution in [2.75, 3.05) is 6.54 Å². The summed E-state index contributed by atoms with van der Waals surface area (Å²) in [5.41, 5.74) is 0.609. The molecule has 1 heterocycles. The van der Waals surface area contributed by atoms with E-state index in [-0.39, 0.29) is 5.91 Å². The van der Waals surface area contributed by atoms with Crippen molar-refractivity contribution >= 4 is 18.1 Å². The fraction of sp³-hybridized carbons (Fsp3) is 0.333. The molecule has 1 amide bonds. The second-order valence-corrected chi connectivity index (χ2v) is 3.14. The highest BCUT2D eigenvalue weighted by Gasteiger charge is 2.02. The van der Waals surface area contributed by atoms with E-state index in [4.69, 9.17) is 12.2 Å². The maximum Gasteiger partial charge on any atom is 0.251 e. The normalized spacial score (nSPS) is 9.62. The van der Waals surface area contributed by atoms with Crippen LogP contribution in [-0.2, 0) is 0 Å². The Balaban J connectivity index is 2.71. The van der Waals surface area contributed by atoms with E-state index in [1.165, 1.54) is 0 Å². The van der Waals surface area contributed by atoms with Crippen molar-refractivity contribution < 1.29 is 4.79 Å². The molecule has 1 aromatic rings. The number of carbonyl (C=O) groups excluding carboxylic acids is 1. The van der Waals surface area contributed by atoms with Gasteiger partial charge in [-0.2, -0.15) is 0 Å². The molecule has 3 nitrogen and oxygen atoms in total. The summed E-state index contributed by atoms with van der Waals surface area (Å²) in [6.07, 6.45) is 2.61. The molecular weight excluding hydrogens is 184 g/mol. The molecule has 0 saturated carbocycles. The molecule has 0 aliphatic carbocycles. The van der Waals surface area contributed by atoms with Gasteiger partial charge in [-0.3, -0.25) is 4.79 Å². The van der Waals surface area contributed by atoms with E-state index in [9.17, 15) is 4.79 Å². The highest BCUT2D eigenvalue weighted by Crippen LogP contribution is 1.97. The first-order valence-electron chi connectivity index (χ1n) is 4.21. The van der Waals surface area contributed by atoms with Crippen LogP contribution in [0.15, 0.2) is 18.3 Å². The first kappa shape index (κ1) is 9.92. The molecule has 0 aliphatic rings. The Hall–Kier alpha value is -1.16. The van der Waals surface area contributed by atoms with Crippen LogP contribution in [0.5, 0.6) is 0 Å². The Labute approximate surface area is 82.2 Å². The molecule has 4 heteroatoms. The Bertz CT molecular complexity index is 345.